The minimum absolute atomic E-state index is 0.0231. The Labute approximate surface area is 348 Å². The molecule has 15 heteroatoms. The van der Waals surface area contributed by atoms with Crippen molar-refractivity contribution in [1.29, 1.82) is 0 Å². The maximum atomic E-state index is 14.0. The third-order valence-electron chi connectivity index (χ3n) is 10.4. The molecule has 4 unspecified atom stereocenters. The van der Waals surface area contributed by atoms with E-state index in [1.807, 2.05) is 57.1 Å². The fourth-order valence-electron chi connectivity index (χ4n) is 7.11. The molecule has 2 amide bonds. The first-order chi connectivity index (χ1) is 27.4. The predicted octanol–water partition coefficient (Wildman–Crippen LogP) is 7.66. The number of carbonyl (C=O) groups is 3. The number of rotatable bonds is 22. The molecule has 0 saturated heterocycles. The van der Waals surface area contributed by atoms with Crippen molar-refractivity contribution in [3.8, 4) is 11.1 Å². The number of pyridine rings is 1. The highest BCUT2D eigenvalue weighted by Gasteiger charge is 2.34. The molecule has 1 aromatic carbocycles. The zero-order valence-electron chi connectivity index (χ0n) is 34.8. The number of nitrogens with two attached hydrogens (primary N) is 1. The topological polar surface area (TPSA) is 166 Å². The predicted molar refractivity (Wildman–Crippen MR) is 246 cm³/mol. The van der Waals surface area contributed by atoms with Gasteiger partial charge in [0.05, 0.1) is 16.9 Å². The van der Waals surface area contributed by atoms with Gasteiger partial charge >= 0.3 is 0 Å². The minimum atomic E-state index is -2.79. The van der Waals surface area contributed by atoms with Gasteiger partial charge in [0.2, 0.25) is 11.8 Å². The maximum absolute atomic E-state index is 14.0. The molecule has 0 radical (unpaired) electrons. The summed E-state index contributed by atoms with van der Waals surface area (Å²) in [5.41, 5.74) is 11.5. The Morgan fingerprint density at radius 2 is 1.84 bits per heavy atom. The first kappa shape index (κ1) is 46.3. The number of aromatic nitrogens is 5. The van der Waals surface area contributed by atoms with E-state index >= 15 is 0 Å². The zero-order valence-corrected chi connectivity index (χ0v) is 37.8. The molecular formula is C43H60N8O4P2S. The summed E-state index contributed by atoms with van der Waals surface area (Å²) in [6.45, 7) is 18.4. The Hall–Kier alpha value is -4.44. The second kappa shape index (κ2) is 20.5. The quantitative estimate of drug-likeness (QED) is 0.0314. The number of aryl methyl sites for hydroxylation is 1. The maximum Gasteiger partial charge on any atom is 0.224 e. The van der Waals surface area contributed by atoms with Crippen molar-refractivity contribution in [2.75, 3.05) is 24.8 Å². The summed E-state index contributed by atoms with van der Waals surface area (Å²) in [6, 6.07) is 5.73. The highest BCUT2D eigenvalue weighted by molar-refractivity contribution is 7.99. The summed E-state index contributed by atoms with van der Waals surface area (Å²) in [5, 5.41) is 18.6. The number of carbonyl (C=O) groups excluding carboxylic acids is 3. The average Bonchev–Trinajstić information content (AvgIpc) is 3.76. The molecule has 5 atom stereocenters. The highest BCUT2D eigenvalue weighted by atomic mass is 32.2. The van der Waals surface area contributed by atoms with Crippen LogP contribution in [0, 0.1) is 6.92 Å². The lowest BCUT2D eigenvalue weighted by Gasteiger charge is -2.27. The monoisotopic (exact) mass is 846 g/mol. The molecule has 12 nitrogen and oxygen atoms in total. The second-order valence-corrected chi connectivity index (χ2v) is 19.9. The summed E-state index contributed by atoms with van der Waals surface area (Å²) in [7, 11) is -0.169. The Morgan fingerprint density at radius 1 is 1.14 bits per heavy atom. The summed E-state index contributed by atoms with van der Waals surface area (Å²) in [5.74, 6) is 5.56. The number of anilines is 1. The van der Waals surface area contributed by atoms with E-state index < -0.39 is 14.7 Å². The smallest absolute Gasteiger partial charge is 0.224 e. The van der Waals surface area contributed by atoms with Gasteiger partial charge in [0, 0.05) is 65.5 Å². The first-order valence-corrected chi connectivity index (χ1v) is 23.9. The van der Waals surface area contributed by atoms with Crippen LogP contribution in [0.25, 0.3) is 28.5 Å². The van der Waals surface area contributed by atoms with E-state index in [0.717, 1.165) is 65.4 Å². The number of nitrogens with zero attached hydrogens (tertiary/aromatic N) is 5. The van der Waals surface area contributed by atoms with Gasteiger partial charge < -0.3 is 16.4 Å². The van der Waals surface area contributed by atoms with Crippen LogP contribution in [0.5, 0.6) is 0 Å². The van der Waals surface area contributed by atoms with Crippen LogP contribution >= 0.6 is 17.8 Å². The van der Waals surface area contributed by atoms with Crippen LogP contribution in [0.15, 0.2) is 60.8 Å². The number of hydrogen-bond acceptors (Lipinski definition) is 8. The largest absolute Gasteiger partial charge is 0.385 e. The van der Waals surface area contributed by atoms with Crippen molar-refractivity contribution in [3.63, 3.8) is 0 Å². The molecule has 0 bridgehead atoms. The van der Waals surface area contributed by atoms with E-state index in [1.54, 1.807) is 27.6 Å². The van der Waals surface area contributed by atoms with Gasteiger partial charge in [-0.3, -0.25) is 23.2 Å². The number of nitrogens with one attached hydrogen (secondary N) is 2. The SMILES string of the molecule is C=C/C=C\c1c(NC(=O)CCCCCCCNC(=O)C[C@@](C)(PC)c2nnc(C)n2C(=C)N)cc(S(=C)(C)=O)c(-c2ccn3ncc(CC(=O)P)c3c2)c1C(C)CC. The molecule has 0 aliphatic carbocycles. The van der Waals surface area contributed by atoms with E-state index in [9.17, 15) is 18.6 Å². The lowest BCUT2D eigenvalue weighted by atomic mass is 9.85. The second-order valence-electron chi connectivity index (χ2n) is 15.2. The van der Waals surface area contributed by atoms with Crippen molar-refractivity contribution in [3.05, 3.63) is 84.2 Å². The highest BCUT2D eigenvalue weighted by Crippen LogP contribution is 2.44. The number of unbranched alkanes of at least 4 members (excludes halogenated alkanes) is 4. The molecule has 58 heavy (non-hydrogen) atoms. The van der Waals surface area contributed by atoms with E-state index in [1.165, 1.54) is 0 Å². The van der Waals surface area contributed by atoms with Gasteiger partial charge in [-0.25, -0.2) is 4.52 Å². The molecule has 3 aromatic heterocycles. The Morgan fingerprint density at radius 3 is 2.48 bits per heavy atom. The summed E-state index contributed by atoms with van der Waals surface area (Å²) in [6.07, 6.45) is 16.5. The van der Waals surface area contributed by atoms with Gasteiger partial charge in [0.1, 0.15) is 17.5 Å². The van der Waals surface area contributed by atoms with Crippen molar-refractivity contribution >= 4 is 73.7 Å². The fourth-order valence-corrected chi connectivity index (χ4v) is 9.08. The van der Waals surface area contributed by atoms with E-state index in [4.69, 9.17) is 5.73 Å². The summed E-state index contributed by atoms with van der Waals surface area (Å²) in [4.78, 5) is 39.0. The molecule has 3 heterocycles. The Balaban J connectivity index is 1.44. The Bertz CT molecular complexity index is 2310. The molecular weight excluding hydrogens is 787 g/mol. The molecule has 0 aliphatic rings. The summed E-state index contributed by atoms with van der Waals surface area (Å²) >= 11 is 0. The van der Waals surface area contributed by atoms with Crippen molar-refractivity contribution in [1.82, 2.24) is 29.7 Å². The van der Waals surface area contributed by atoms with Gasteiger partial charge in [-0.05, 0) is 90.4 Å². The van der Waals surface area contributed by atoms with Crippen LogP contribution in [-0.2, 0) is 35.5 Å². The van der Waals surface area contributed by atoms with Gasteiger partial charge in [-0.2, -0.15) is 5.10 Å². The van der Waals surface area contributed by atoms with E-state index in [-0.39, 0.29) is 36.1 Å². The first-order valence-electron chi connectivity index (χ1n) is 19.7. The van der Waals surface area contributed by atoms with Crippen molar-refractivity contribution < 1.29 is 18.6 Å². The van der Waals surface area contributed by atoms with Crippen LogP contribution in [0.3, 0.4) is 0 Å². The van der Waals surface area contributed by atoms with E-state index in [0.29, 0.717) is 56.0 Å². The van der Waals surface area contributed by atoms with Crippen LogP contribution in [-0.4, -0.2) is 71.3 Å². The lowest BCUT2D eigenvalue weighted by Crippen LogP contribution is -2.33. The molecule has 4 rings (SSSR count). The molecule has 4 N–H and O–H groups in total. The van der Waals surface area contributed by atoms with E-state index in [2.05, 4.69) is 68.0 Å². The molecule has 312 valence electrons. The molecule has 0 spiro atoms. The molecule has 0 aliphatic heterocycles. The fraction of sp³-hybridized carbons (Fsp3) is 0.419. The minimum Gasteiger partial charge on any atom is -0.385 e. The van der Waals surface area contributed by atoms with Crippen LogP contribution < -0.4 is 16.4 Å². The number of benzene rings is 1. The molecule has 4 aromatic rings. The Kier molecular flexibility index (Phi) is 16.3. The number of fused-ring (bicyclic) bond motifs is 1. The zero-order chi connectivity index (χ0) is 42.8. The van der Waals surface area contributed by atoms with Crippen LogP contribution in [0.1, 0.15) is 106 Å². The third kappa shape index (κ3) is 11.4. The van der Waals surface area contributed by atoms with Gasteiger partial charge in [-0.15, -0.1) is 18.8 Å². The molecule has 0 fully saturated rings. The number of amides is 2. The van der Waals surface area contributed by atoms with Gasteiger partial charge in [0.25, 0.3) is 0 Å². The lowest BCUT2D eigenvalue weighted by molar-refractivity contribution is -0.121. The van der Waals surface area contributed by atoms with Crippen LogP contribution in [0.2, 0.25) is 0 Å². The van der Waals surface area contributed by atoms with Gasteiger partial charge in [-0.1, -0.05) is 73.7 Å². The van der Waals surface area contributed by atoms with Crippen molar-refractivity contribution in [2.24, 2.45) is 5.73 Å². The van der Waals surface area contributed by atoms with Gasteiger partial charge in [0.15, 0.2) is 5.52 Å². The normalized spacial score (nSPS) is 14.4. The summed E-state index contributed by atoms with van der Waals surface area (Å²) < 4.78 is 17.4. The average molecular weight is 847 g/mol. The number of hydrogen-bond donors (Lipinski definition) is 3. The third-order valence-corrected chi connectivity index (χ3v) is 13.4. The number of allylic oxidation sites excluding steroid dienone is 2. The van der Waals surface area contributed by atoms with Crippen LogP contribution in [0.4, 0.5) is 5.69 Å². The molecule has 0 saturated carbocycles. The standard InChI is InChI=1S/C43H60N8O4P2S/c1-10-12-18-33-34(25-36(58(8,9)55)41(40(33)28(3)11-2)31-20-22-50-35(23-31)32(27-46-50)24-39(54)56)47-37(52)19-16-14-13-15-17-21-45-38(53)26-43(6,57-7)42-49-48-30(5)51(42)29(4)44/h10,12,18,20,22-23,25,27-28,57H,1,4,8,11,13-17,19,21,24,26,44,56H2,2-3,5-7,9H3,(H,45,53)(H,47,52)/b18-12-/t28?,43-,58?/m1/s1. The van der Waals surface area contributed by atoms with Crippen molar-refractivity contribution in [2.45, 2.75) is 101 Å².